The van der Waals surface area contributed by atoms with Crippen molar-refractivity contribution in [3.63, 3.8) is 0 Å². The van der Waals surface area contributed by atoms with Gasteiger partial charge in [-0.25, -0.2) is 0 Å². The summed E-state index contributed by atoms with van der Waals surface area (Å²) in [6.45, 7) is 3.60. The second kappa shape index (κ2) is 4.40. The summed E-state index contributed by atoms with van der Waals surface area (Å²) in [6, 6.07) is 0.727. The molecule has 3 heteroatoms. The van der Waals surface area contributed by atoms with Crippen LogP contribution in [-0.4, -0.2) is 38.9 Å². The Morgan fingerprint density at radius 1 is 1.46 bits per heavy atom. The minimum absolute atomic E-state index is 0.527. The summed E-state index contributed by atoms with van der Waals surface area (Å²) in [7, 11) is 1.81. The lowest BCUT2D eigenvalue weighted by molar-refractivity contribution is 0.0167. The standard InChI is InChI=1S/C10H20N2O/c1-13-10-4-9(5-10)12-7-8-2-3-11-6-8/h8-12H,2-7H2,1H3. The number of ether oxygens (including phenoxy) is 1. The lowest BCUT2D eigenvalue weighted by Crippen LogP contribution is -2.46. The molecule has 1 unspecified atom stereocenters. The van der Waals surface area contributed by atoms with E-state index in [2.05, 4.69) is 10.6 Å². The van der Waals surface area contributed by atoms with Crippen molar-refractivity contribution < 1.29 is 4.74 Å². The Morgan fingerprint density at radius 2 is 2.31 bits per heavy atom. The smallest absolute Gasteiger partial charge is 0.0601 e. The van der Waals surface area contributed by atoms with Crippen molar-refractivity contribution in [2.24, 2.45) is 5.92 Å². The van der Waals surface area contributed by atoms with Gasteiger partial charge in [0.25, 0.3) is 0 Å². The molecule has 1 aliphatic carbocycles. The van der Waals surface area contributed by atoms with Crippen LogP contribution in [0.15, 0.2) is 0 Å². The molecular weight excluding hydrogens is 164 g/mol. The zero-order chi connectivity index (χ0) is 9.10. The lowest BCUT2D eigenvalue weighted by atomic mass is 9.89. The number of rotatable bonds is 4. The zero-order valence-corrected chi connectivity index (χ0v) is 8.38. The Balaban J connectivity index is 1.54. The number of nitrogens with one attached hydrogen (secondary N) is 2. The van der Waals surface area contributed by atoms with Crippen molar-refractivity contribution in [2.45, 2.75) is 31.4 Å². The van der Waals surface area contributed by atoms with Gasteiger partial charge in [0, 0.05) is 13.2 Å². The number of methoxy groups -OCH3 is 1. The van der Waals surface area contributed by atoms with E-state index in [1.54, 1.807) is 0 Å². The van der Waals surface area contributed by atoms with Crippen molar-refractivity contribution in [3.05, 3.63) is 0 Å². The predicted octanol–water partition coefficient (Wildman–Crippen LogP) is 0.363. The third kappa shape index (κ3) is 2.42. The monoisotopic (exact) mass is 184 g/mol. The topological polar surface area (TPSA) is 33.3 Å². The molecule has 76 valence electrons. The Hall–Kier alpha value is -0.120. The van der Waals surface area contributed by atoms with Gasteiger partial charge < -0.3 is 15.4 Å². The first kappa shape index (κ1) is 9.44. The van der Waals surface area contributed by atoms with Crippen LogP contribution in [0.5, 0.6) is 0 Å². The van der Waals surface area contributed by atoms with Crippen LogP contribution in [0, 0.1) is 5.92 Å². The molecule has 2 aliphatic rings. The SMILES string of the molecule is COC1CC(NCC2CCNC2)C1. The third-order valence-corrected chi connectivity index (χ3v) is 3.29. The maximum Gasteiger partial charge on any atom is 0.0601 e. The first-order chi connectivity index (χ1) is 6.38. The van der Waals surface area contributed by atoms with Crippen molar-refractivity contribution in [1.82, 2.24) is 10.6 Å². The van der Waals surface area contributed by atoms with E-state index < -0.39 is 0 Å². The Labute approximate surface area is 80.2 Å². The Morgan fingerprint density at radius 3 is 2.92 bits per heavy atom. The zero-order valence-electron chi connectivity index (χ0n) is 8.38. The van der Waals surface area contributed by atoms with E-state index >= 15 is 0 Å². The quantitative estimate of drug-likeness (QED) is 0.662. The summed E-state index contributed by atoms with van der Waals surface area (Å²) >= 11 is 0. The summed E-state index contributed by atoms with van der Waals surface area (Å²) in [5.74, 6) is 0.863. The van der Waals surface area contributed by atoms with Crippen LogP contribution < -0.4 is 10.6 Å². The van der Waals surface area contributed by atoms with Gasteiger partial charge in [-0.2, -0.15) is 0 Å². The van der Waals surface area contributed by atoms with E-state index in [1.807, 2.05) is 7.11 Å². The fourth-order valence-electron chi connectivity index (χ4n) is 2.15. The summed E-state index contributed by atoms with van der Waals surface area (Å²) in [4.78, 5) is 0. The summed E-state index contributed by atoms with van der Waals surface area (Å²) in [5, 5.41) is 6.99. The minimum atomic E-state index is 0.527. The molecule has 2 rings (SSSR count). The van der Waals surface area contributed by atoms with Gasteiger partial charge in [-0.15, -0.1) is 0 Å². The van der Waals surface area contributed by atoms with E-state index in [1.165, 1.54) is 38.9 Å². The molecule has 0 amide bonds. The fourth-order valence-corrected chi connectivity index (χ4v) is 2.15. The van der Waals surface area contributed by atoms with Crippen molar-refractivity contribution in [2.75, 3.05) is 26.7 Å². The normalized spacial score (nSPS) is 39.0. The summed E-state index contributed by atoms with van der Waals surface area (Å²) in [6.07, 6.45) is 4.28. The van der Waals surface area contributed by atoms with Crippen LogP contribution in [-0.2, 0) is 4.74 Å². The maximum atomic E-state index is 5.24. The highest BCUT2D eigenvalue weighted by atomic mass is 16.5. The molecule has 3 nitrogen and oxygen atoms in total. The minimum Gasteiger partial charge on any atom is -0.381 e. The summed E-state index contributed by atoms with van der Waals surface area (Å²) < 4.78 is 5.24. The van der Waals surface area contributed by atoms with E-state index in [9.17, 15) is 0 Å². The van der Waals surface area contributed by atoms with Gasteiger partial charge in [-0.05, 0) is 44.8 Å². The van der Waals surface area contributed by atoms with E-state index in [0.717, 1.165) is 12.0 Å². The maximum absolute atomic E-state index is 5.24. The van der Waals surface area contributed by atoms with Crippen molar-refractivity contribution in [1.29, 1.82) is 0 Å². The van der Waals surface area contributed by atoms with E-state index in [-0.39, 0.29) is 0 Å². The molecule has 2 fully saturated rings. The molecule has 0 radical (unpaired) electrons. The molecule has 0 aromatic carbocycles. The molecule has 2 N–H and O–H groups in total. The average Bonchev–Trinajstić information content (AvgIpc) is 2.54. The highest BCUT2D eigenvalue weighted by Crippen LogP contribution is 2.22. The third-order valence-electron chi connectivity index (χ3n) is 3.29. The predicted molar refractivity (Wildman–Crippen MR) is 52.8 cm³/mol. The molecule has 1 saturated carbocycles. The Kier molecular flexibility index (Phi) is 3.19. The molecule has 1 aliphatic heterocycles. The lowest BCUT2D eigenvalue weighted by Gasteiger charge is -2.35. The average molecular weight is 184 g/mol. The Bertz CT molecular complexity index is 151. The largest absolute Gasteiger partial charge is 0.381 e. The first-order valence-corrected chi connectivity index (χ1v) is 5.35. The molecule has 0 aromatic heterocycles. The van der Waals surface area contributed by atoms with E-state index in [4.69, 9.17) is 4.74 Å². The second-order valence-electron chi connectivity index (χ2n) is 4.29. The van der Waals surface area contributed by atoms with Crippen molar-refractivity contribution in [3.8, 4) is 0 Å². The number of hydrogen-bond donors (Lipinski definition) is 2. The highest BCUT2D eigenvalue weighted by molar-refractivity contribution is 4.87. The van der Waals surface area contributed by atoms with Gasteiger partial charge in [0.15, 0.2) is 0 Å². The van der Waals surface area contributed by atoms with Crippen LogP contribution >= 0.6 is 0 Å². The van der Waals surface area contributed by atoms with Gasteiger partial charge >= 0.3 is 0 Å². The molecule has 0 bridgehead atoms. The molecular formula is C10H20N2O. The van der Waals surface area contributed by atoms with Crippen molar-refractivity contribution >= 4 is 0 Å². The molecule has 1 atom stereocenters. The van der Waals surface area contributed by atoms with Crippen LogP contribution in [0.2, 0.25) is 0 Å². The van der Waals surface area contributed by atoms with Crippen LogP contribution in [0.4, 0.5) is 0 Å². The van der Waals surface area contributed by atoms with Crippen LogP contribution in [0.1, 0.15) is 19.3 Å². The molecule has 1 saturated heterocycles. The molecule has 1 heterocycles. The number of hydrogen-bond acceptors (Lipinski definition) is 3. The van der Waals surface area contributed by atoms with Crippen LogP contribution in [0.3, 0.4) is 0 Å². The van der Waals surface area contributed by atoms with Gasteiger partial charge in [0.1, 0.15) is 0 Å². The molecule has 13 heavy (non-hydrogen) atoms. The van der Waals surface area contributed by atoms with Gasteiger partial charge in [0.05, 0.1) is 6.10 Å². The first-order valence-electron chi connectivity index (χ1n) is 5.35. The van der Waals surface area contributed by atoms with E-state index in [0.29, 0.717) is 6.10 Å². The molecule has 0 aromatic rings. The highest BCUT2D eigenvalue weighted by Gasteiger charge is 2.29. The fraction of sp³-hybridized carbons (Fsp3) is 1.00. The molecule has 0 spiro atoms. The van der Waals surface area contributed by atoms with Gasteiger partial charge in [0.2, 0.25) is 0 Å². The summed E-state index contributed by atoms with van der Waals surface area (Å²) in [5.41, 5.74) is 0. The van der Waals surface area contributed by atoms with Crippen LogP contribution in [0.25, 0.3) is 0 Å². The van der Waals surface area contributed by atoms with Gasteiger partial charge in [-0.1, -0.05) is 0 Å². The second-order valence-corrected chi connectivity index (χ2v) is 4.29. The van der Waals surface area contributed by atoms with Gasteiger partial charge in [-0.3, -0.25) is 0 Å².